The van der Waals surface area contributed by atoms with Crippen molar-refractivity contribution in [1.29, 1.82) is 0 Å². The number of hydrogen-bond donors (Lipinski definition) is 4. The third-order valence-electron chi connectivity index (χ3n) is 4.56. The van der Waals surface area contributed by atoms with E-state index in [9.17, 15) is 13.2 Å². The highest BCUT2D eigenvalue weighted by molar-refractivity contribution is 7.92. The first-order chi connectivity index (χ1) is 16.4. The summed E-state index contributed by atoms with van der Waals surface area (Å²) in [5.74, 6) is -0.00149. The van der Waals surface area contributed by atoms with E-state index in [0.29, 0.717) is 23.5 Å². The lowest BCUT2D eigenvalue weighted by Gasteiger charge is -2.11. The van der Waals surface area contributed by atoms with Crippen LogP contribution in [0.1, 0.15) is 11.1 Å². The van der Waals surface area contributed by atoms with Crippen molar-refractivity contribution in [2.75, 3.05) is 11.8 Å². The maximum atomic E-state index is 12.7. The van der Waals surface area contributed by atoms with Crippen LogP contribution in [0, 0.1) is 0 Å². The molecule has 3 aromatic carbocycles. The molecule has 1 amide bonds. The zero-order valence-corrected chi connectivity index (χ0v) is 19.9. The van der Waals surface area contributed by atoms with Crippen LogP contribution in [0.4, 0.5) is 5.69 Å². The largest absolute Gasteiger partial charge is 0.495 e. The standard InChI is InChI=1S/C24H24N4O4S2/c1-32-22-10-6-5-9-21(22)28-34(30,31)20-14-11-18(12-15-20)13-16-23(29)26-27-24(33)25-17-19-7-3-2-4-8-19/h2-16,28H,17H2,1H3,(H,26,29)(H2,25,27,33)/b16-13+. The van der Waals surface area contributed by atoms with Gasteiger partial charge in [0.2, 0.25) is 0 Å². The number of hydrogen-bond acceptors (Lipinski definition) is 5. The highest BCUT2D eigenvalue weighted by atomic mass is 32.2. The molecule has 0 spiro atoms. The Kier molecular flexibility index (Phi) is 8.60. The minimum absolute atomic E-state index is 0.0801. The van der Waals surface area contributed by atoms with Crippen molar-refractivity contribution in [2.45, 2.75) is 11.4 Å². The number of methoxy groups -OCH3 is 1. The number of benzene rings is 3. The summed E-state index contributed by atoms with van der Waals surface area (Å²) in [6, 6.07) is 22.5. The maximum absolute atomic E-state index is 12.7. The fourth-order valence-electron chi connectivity index (χ4n) is 2.85. The SMILES string of the molecule is COc1ccccc1NS(=O)(=O)c1ccc(/C=C/C(=O)NNC(=S)NCc2ccccc2)cc1. The molecule has 0 saturated heterocycles. The van der Waals surface area contributed by atoms with Crippen LogP contribution < -0.4 is 25.6 Å². The monoisotopic (exact) mass is 496 g/mol. The normalized spacial score (nSPS) is 11.0. The average Bonchev–Trinajstić information content (AvgIpc) is 2.86. The molecule has 0 heterocycles. The molecule has 0 aliphatic carbocycles. The first-order valence-corrected chi connectivity index (χ1v) is 12.1. The molecule has 0 aromatic heterocycles. The van der Waals surface area contributed by atoms with Crippen LogP contribution in [-0.4, -0.2) is 26.5 Å². The van der Waals surface area contributed by atoms with Gasteiger partial charge in [-0.1, -0.05) is 54.6 Å². The lowest BCUT2D eigenvalue weighted by Crippen LogP contribution is -2.45. The van der Waals surface area contributed by atoms with Crippen LogP contribution in [0.3, 0.4) is 0 Å². The van der Waals surface area contributed by atoms with Gasteiger partial charge in [-0.05, 0) is 53.7 Å². The van der Waals surface area contributed by atoms with Crippen molar-refractivity contribution in [3.8, 4) is 5.75 Å². The van der Waals surface area contributed by atoms with Crippen LogP contribution in [0.25, 0.3) is 6.08 Å². The summed E-state index contributed by atoms with van der Waals surface area (Å²) in [5, 5.41) is 3.26. The predicted octanol–water partition coefficient (Wildman–Crippen LogP) is 3.20. The van der Waals surface area contributed by atoms with Gasteiger partial charge in [0.05, 0.1) is 17.7 Å². The first-order valence-electron chi connectivity index (χ1n) is 10.2. The van der Waals surface area contributed by atoms with Gasteiger partial charge in [0, 0.05) is 12.6 Å². The Morgan fingerprint density at radius 1 is 0.941 bits per heavy atom. The number of ether oxygens (including phenoxy) is 1. The Morgan fingerprint density at radius 2 is 1.62 bits per heavy atom. The Bertz CT molecular complexity index is 1260. The predicted molar refractivity (Wildman–Crippen MR) is 136 cm³/mol. The van der Waals surface area contributed by atoms with E-state index >= 15 is 0 Å². The summed E-state index contributed by atoms with van der Waals surface area (Å²) in [4.78, 5) is 12.1. The van der Waals surface area contributed by atoms with Gasteiger partial charge < -0.3 is 10.1 Å². The molecule has 0 radical (unpaired) electrons. The van der Waals surface area contributed by atoms with Gasteiger partial charge in [-0.25, -0.2) is 8.42 Å². The molecule has 8 nitrogen and oxygen atoms in total. The molecule has 0 aliphatic rings. The van der Waals surface area contributed by atoms with Gasteiger partial charge in [-0.2, -0.15) is 0 Å². The second-order valence-corrected chi connectivity index (χ2v) is 9.08. The van der Waals surface area contributed by atoms with Crippen LogP contribution in [0.2, 0.25) is 0 Å². The summed E-state index contributed by atoms with van der Waals surface area (Å²) in [7, 11) is -2.34. The highest BCUT2D eigenvalue weighted by Gasteiger charge is 2.16. The summed E-state index contributed by atoms with van der Waals surface area (Å²) < 4.78 is 33.0. The molecule has 0 fully saturated rings. The molecule has 176 valence electrons. The first kappa shape index (κ1) is 24.7. The Morgan fingerprint density at radius 3 is 2.32 bits per heavy atom. The fourth-order valence-corrected chi connectivity index (χ4v) is 4.04. The number of para-hydroxylation sites is 2. The average molecular weight is 497 g/mol. The van der Waals surface area contributed by atoms with E-state index in [4.69, 9.17) is 17.0 Å². The van der Waals surface area contributed by atoms with Crippen LogP contribution >= 0.6 is 12.2 Å². The van der Waals surface area contributed by atoms with Gasteiger partial charge in [0.1, 0.15) is 5.75 Å². The second kappa shape index (κ2) is 11.8. The van der Waals surface area contributed by atoms with Crippen molar-refractivity contribution in [1.82, 2.24) is 16.2 Å². The summed E-state index contributed by atoms with van der Waals surface area (Å²) in [6.07, 6.45) is 2.87. The van der Waals surface area contributed by atoms with E-state index in [-0.39, 0.29) is 10.0 Å². The molecule has 3 aromatic rings. The zero-order chi connectivity index (χ0) is 24.4. The van der Waals surface area contributed by atoms with Crippen molar-refractivity contribution < 1.29 is 17.9 Å². The lowest BCUT2D eigenvalue weighted by molar-refractivity contribution is -0.116. The highest BCUT2D eigenvalue weighted by Crippen LogP contribution is 2.26. The number of carbonyl (C=O) groups is 1. The molecule has 10 heteroatoms. The molecule has 3 rings (SSSR count). The number of sulfonamides is 1. The van der Waals surface area contributed by atoms with Gasteiger partial charge in [0.15, 0.2) is 5.11 Å². The summed E-state index contributed by atoms with van der Waals surface area (Å²) in [5.41, 5.74) is 7.14. The Balaban J connectivity index is 1.50. The second-order valence-electron chi connectivity index (χ2n) is 6.99. The number of carbonyl (C=O) groups excluding carboxylic acids is 1. The van der Waals surface area contributed by atoms with E-state index in [2.05, 4.69) is 20.9 Å². The third-order valence-corrected chi connectivity index (χ3v) is 6.19. The number of amides is 1. The van der Waals surface area contributed by atoms with Crippen LogP contribution in [0.15, 0.2) is 89.8 Å². The molecular weight excluding hydrogens is 472 g/mol. The quantitative estimate of drug-likeness (QED) is 0.215. The van der Waals surface area contributed by atoms with Crippen molar-refractivity contribution in [2.24, 2.45) is 0 Å². The molecule has 4 N–H and O–H groups in total. The zero-order valence-electron chi connectivity index (χ0n) is 18.3. The smallest absolute Gasteiger partial charge is 0.262 e. The molecule has 34 heavy (non-hydrogen) atoms. The Hall–Kier alpha value is -3.89. The van der Waals surface area contributed by atoms with E-state index in [1.807, 2.05) is 30.3 Å². The Labute approximate surface area is 204 Å². The van der Waals surface area contributed by atoms with Gasteiger partial charge in [0.25, 0.3) is 15.9 Å². The summed E-state index contributed by atoms with van der Waals surface area (Å²) in [6.45, 7) is 0.527. The van der Waals surface area contributed by atoms with E-state index in [1.165, 1.54) is 25.3 Å². The lowest BCUT2D eigenvalue weighted by atomic mass is 10.2. The number of thiocarbonyl (C=S) groups is 1. The van der Waals surface area contributed by atoms with Crippen LogP contribution in [-0.2, 0) is 21.4 Å². The van der Waals surface area contributed by atoms with E-state index in [0.717, 1.165) is 5.56 Å². The molecular formula is C24H24N4O4S2. The van der Waals surface area contributed by atoms with E-state index in [1.54, 1.807) is 42.5 Å². The van der Waals surface area contributed by atoms with Gasteiger partial charge >= 0.3 is 0 Å². The molecule has 0 bridgehead atoms. The number of hydrazine groups is 1. The topological polar surface area (TPSA) is 109 Å². The minimum Gasteiger partial charge on any atom is -0.495 e. The minimum atomic E-state index is -3.80. The third kappa shape index (κ3) is 7.32. The van der Waals surface area contributed by atoms with E-state index < -0.39 is 15.9 Å². The number of rotatable bonds is 8. The molecule has 0 aliphatic heterocycles. The maximum Gasteiger partial charge on any atom is 0.262 e. The van der Waals surface area contributed by atoms with Crippen molar-refractivity contribution >= 4 is 45.0 Å². The molecule has 0 unspecified atom stereocenters. The summed E-state index contributed by atoms with van der Waals surface area (Å²) >= 11 is 5.13. The van der Waals surface area contributed by atoms with Gasteiger partial charge in [-0.15, -0.1) is 0 Å². The molecule has 0 atom stereocenters. The van der Waals surface area contributed by atoms with Crippen molar-refractivity contribution in [3.05, 3.63) is 96.1 Å². The van der Waals surface area contributed by atoms with Crippen LogP contribution in [0.5, 0.6) is 5.75 Å². The fraction of sp³-hybridized carbons (Fsp3) is 0.0833. The molecule has 0 saturated carbocycles. The number of anilines is 1. The van der Waals surface area contributed by atoms with Gasteiger partial charge in [-0.3, -0.25) is 20.4 Å². The van der Waals surface area contributed by atoms with Crippen molar-refractivity contribution in [3.63, 3.8) is 0 Å². The number of nitrogens with one attached hydrogen (secondary N) is 4.